The number of fused-ring (bicyclic) bond motifs is 1. The lowest BCUT2D eigenvalue weighted by Gasteiger charge is -2.19. The molecule has 8 nitrogen and oxygen atoms in total. The van der Waals surface area contributed by atoms with E-state index in [4.69, 9.17) is 5.26 Å². The summed E-state index contributed by atoms with van der Waals surface area (Å²) in [6.07, 6.45) is 6.03. The van der Waals surface area contributed by atoms with E-state index in [0.717, 1.165) is 35.6 Å². The molecule has 1 aliphatic carbocycles. The fraction of sp³-hybridized carbons (Fsp3) is 0.348. The Bertz CT molecular complexity index is 1280. The Labute approximate surface area is 179 Å². The average molecular weight is 413 g/mol. The summed E-state index contributed by atoms with van der Waals surface area (Å²) in [7, 11) is 0. The Morgan fingerprint density at radius 2 is 1.90 bits per heavy atom. The van der Waals surface area contributed by atoms with Crippen molar-refractivity contribution in [3.8, 4) is 17.5 Å². The van der Waals surface area contributed by atoms with Crippen molar-refractivity contribution in [1.82, 2.24) is 29.4 Å². The van der Waals surface area contributed by atoms with Gasteiger partial charge in [-0.2, -0.15) is 5.26 Å². The molecule has 156 valence electrons. The summed E-state index contributed by atoms with van der Waals surface area (Å²) in [5.74, 6) is 1.66. The third-order valence-corrected chi connectivity index (χ3v) is 6.05. The standard InChI is InChI=1S/C23H23N7O/c1-22(2,31)18-5-3-14-30-20(18)27-28-21(30)23(10-11-23)17-8-6-16(7-9-17)19-26-25-15-29(19)13-4-12-24/h3,5-9,14-15,31H,4,10-11,13H2,1-2H3. The van der Waals surface area contributed by atoms with Crippen molar-refractivity contribution < 1.29 is 5.11 Å². The van der Waals surface area contributed by atoms with Crippen molar-refractivity contribution in [3.05, 3.63) is 65.9 Å². The molecule has 0 spiro atoms. The zero-order valence-electron chi connectivity index (χ0n) is 17.5. The predicted molar refractivity (Wildman–Crippen MR) is 114 cm³/mol. The number of nitriles is 1. The number of benzene rings is 1. The molecule has 0 aliphatic heterocycles. The maximum absolute atomic E-state index is 10.5. The van der Waals surface area contributed by atoms with E-state index in [0.29, 0.717) is 18.6 Å². The van der Waals surface area contributed by atoms with Gasteiger partial charge in [0.15, 0.2) is 11.5 Å². The largest absolute Gasteiger partial charge is 0.386 e. The van der Waals surface area contributed by atoms with E-state index in [9.17, 15) is 5.11 Å². The van der Waals surface area contributed by atoms with Gasteiger partial charge in [-0.3, -0.25) is 4.40 Å². The normalized spacial score (nSPS) is 15.2. The first-order valence-electron chi connectivity index (χ1n) is 10.4. The van der Waals surface area contributed by atoms with Crippen molar-refractivity contribution >= 4 is 5.65 Å². The van der Waals surface area contributed by atoms with Gasteiger partial charge in [0.05, 0.1) is 23.5 Å². The second kappa shape index (κ2) is 7.00. The molecular formula is C23H23N7O. The maximum Gasteiger partial charge on any atom is 0.166 e. The van der Waals surface area contributed by atoms with Crippen LogP contribution in [0.2, 0.25) is 0 Å². The quantitative estimate of drug-likeness (QED) is 0.520. The minimum atomic E-state index is -0.993. The summed E-state index contributed by atoms with van der Waals surface area (Å²) in [4.78, 5) is 0. The van der Waals surface area contributed by atoms with Crippen molar-refractivity contribution in [2.24, 2.45) is 0 Å². The van der Waals surface area contributed by atoms with E-state index in [2.05, 4.69) is 38.6 Å². The van der Waals surface area contributed by atoms with Crippen molar-refractivity contribution in [2.45, 2.75) is 50.7 Å². The molecule has 4 aromatic rings. The molecule has 0 radical (unpaired) electrons. The molecule has 1 N–H and O–H groups in total. The smallest absolute Gasteiger partial charge is 0.166 e. The topological polar surface area (TPSA) is 105 Å². The highest BCUT2D eigenvalue weighted by Gasteiger charge is 2.50. The number of aromatic nitrogens is 6. The van der Waals surface area contributed by atoms with Crippen molar-refractivity contribution in [3.63, 3.8) is 0 Å². The van der Waals surface area contributed by atoms with E-state index in [1.807, 2.05) is 39.4 Å². The fourth-order valence-corrected chi connectivity index (χ4v) is 4.24. The van der Waals surface area contributed by atoms with Crippen LogP contribution in [0.5, 0.6) is 0 Å². The van der Waals surface area contributed by atoms with Gasteiger partial charge in [0.1, 0.15) is 12.2 Å². The first-order chi connectivity index (χ1) is 14.9. The van der Waals surface area contributed by atoms with Crippen LogP contribution >= 0.6 is 0 Å². The molecule has 3 heterocycles. The SMILES string of the molecule is CC(C)(O)c1cccn2c(C3(c4ccc(-c5nncn5CCC#N)cc4)CC3)nnc12. The molecule has 0 bridgehead atoms. The van der Waals surface area contributed by atoms with Gasteiger partial charge in [0, 0.05) is 23.9 Å². The van der Waals surface area contributed by atoms with Gasteiger partial charge in [-0.1, -0.05) is 30.3 Å². The maximum atomic E-state index is 10.5. The summed E-state index contributed by atoms with van der Waals surface area (Å²) < 4.78 is 3.90. The first kappa shape index (κ1) is 19.4. The molecule has 0 unspecified atom stereocenters. The Morgan fingerprint density at radius 3 is 2.58 bits per heavy atom. The highest BCUT2D eigenvalue weighted by atomic mass is 16.3. The highest BCUT2D eigenvalue weighted by Crippen LogP contribution is 2.53. The molecule has 31 heavy (non-hydrogen) atoms. The van der Waals surface area contributed by atoms with Crippen molar-refractivity contribution in [2.75, 3.05) is 0 Å². The van der Waals surface area contributed by atoms with Gasteiger partial charge in [0.2, 0.25) is 0 Å². The Balaban J connectivity index is 1.51. The number of hydrogen-bond donors (Lipinski definition) is 1. The van der Waals surface area contributed by atoms with E-state index < -0.39 is 5.60 Å². The zero-order valence-corrected chi connectivity index (χ0v) is 17.5. The van der Waals surface area contributed by atoms with E-state index in [-0.39, 0.29) is 5.41 Å². The van der Waals surface area contributed by atoms with E-state index in [1.165, 1.54) is 5.56 Å². The molecule has 1 aromatic carbocycles. The van der Waals surface area contributed by atoms with Gasteiger partial charge in [-0.15, -0.1) is 20.4 Å². The first-order valence-corrected chi connectivity index (χ1v) is 10.4. The van der Waals surface area contributed by atoms with Gasteiger partial charge >= 0.3 is 0 Å². The summed E-state index contributed by atoms with van der Waals surface area (Å²) in [6.45, 7) is 4.09. The summed E-state index contributed by atoms with van der Waals surface area (Å²) in [5, 5.41) is 36.6. The van der Waals surface area contributed by atoms with Crippen LogP contribution < -0.4 is 0 Å². The van der Waals surface area contributed by atoms with E-state index in [1.54, 1.807) is 20.2 Å². The molecule has 1 saturated carbocycles. The van der Waals surface area contributed by atoms with Crippen LogP contribution in [0.3, 0.4) is 0 Å². The second-order valence-electron chi connectivity index (χ2n) is 8.61. The van der Waals surface area contributed by atoms with Crippen LogP contribution in [0.15, 0.2) is 48.9 Å². The van der Waals surface area contributed by atoms with Crippen LogP contribution in [0.25, 0.3) is 17.0 Å². The lowest BCUT2D eigenvalue weighted by molar-refractivity contribution is 0.0796. The summed E-state index contributed by atoms with van der Waals surface area (Å²) in [6, 6.07) is 14.3. The van der Waals surface area contributed by atoms with Crippen LogP contribution in [0, 0.1) is 11.3 Å². The minimum absolute atomic E-state index is 0.176. The Morgan fingerprint density at radius 1 is 1.13 bits per heavy atom. The molecular weight excluding hydrogens is 390 g/mol. The zero-order chi connectivity index (χ0) is 21.6. The average Bonchev–Trinajstić information content (AvgIpc) is 3.22. The van der Waals surface area contributed by atoms with Crippen molar-refractivity contribution in [1.29, 1.82) is 5.26 Å². The molecule has 5 rings (SSSR count). The van der Waals surface area contributed by atoms with Gasteiger partial charge in [-0.05, 0) is 38.3 Å². The monoisotopic (exact) mass is 413 g/mol. The number of aliphatic hydroxyl groups is 1. The third kappa shape index (κ3) is 3.18. The van der Waals surface area contributed by atoms with Crippen LogP contribution in [0.4, 0.5) is 0 Å². The van der Waals surface area contributed by atoms with Crippen LogP contribution in [-0.4, -0.2) is 34.5 Å². The number of rotatable bonds is 6. The van der Waals surface area contributed by atoms with Gasteiger partial charge in [-0.25, -0.2) is 0 Å². The molecule has 1 aliphatic rings. The number of pyridine rings is 1. The molecule has 1 fully saturated rings. The highest BCUT2D eigenvalue weighted by molar-refractivity contribution is 5.58. The number of nitrogens with zero attached hydrogens (tertiary/aromatic N) is 7. The van der Waals surface area contributed by atoms with Gasteiger partial charge < -0.3 is 9.67 Å². The Kier molecular flexibility index (Phi) is 4.38. The van der Waals surface area contributed by atoms with Crippen LogP contribution in [-0.2, 0) is 17.6 Å². The predicted octanol–water partition coefficient (Wildman–Crippen LogP) is 3.21. The van der Waals surface area contributed by atoms with E-state index >= 15 is 0 Å². The minimum Gasteiger partial charge on any atom is -0.386 e. The number of aryl methyl sites for hydroxylation is 1. The number of hydrogen-bond acceptors (Lipinski definition) is 6. The van der Waals surface area contributed by atoms with Crippen LogP contribution in [0.1, 0.15) is 50.1 Å². The molecule has 3 aromatic heterocycles. The molecule has 0 saturated heterocycles. The third-order valence-electron chi connectivity index (χ3n) is 6.05. The molecule has 8 heteroatoms. The second-order valence-corrected chi connectivity index (χ2v) is 8.61. The summed E-state index contributed by atoms with van der Waals surface area (Å²) in [5.41, 5.74) is 2.43. The Hall–Kier alpha value is -3.57. The molecule has 0 amide bonds. The lowest BCUT2D eigenvalue weighted by atomic mass is 9.93. The fourth-order valence-electron chi connectivity index (χ4n) is 4.24. The van der Waals surface area contributed by atoms with Gasteiger partial charge in [0.25, 0.3) is 0 Å². The lowest BCUT2D eigenvalue weighted by Crippen LogP contribution is -2.18. The summed E-state index contributed by atoms with van der Waals surface area (Å²) >= 11 is 0. The molecule has 0 atom stereocenters.